The molecule has 0 aliphatic heterocycles. The molecule has 3 amide bonds. The Morgan fingerprint density at radius 3 is 1.96 bits per heavy atom. The molecule has 0 aliphatic rings. The van der Waals surface area contributed by atoms with Gasteiger partial charge in [-0.2, -0.15) is 0 Å². The highest BCUT2D eigenvalue weighted by molar-refractivity contribution is 6.35. The minimum absolute atomic E-state index is 0.182. The summed E-state index contributed by atoms with van der Waals surface area (Å²) in [6, 6.07) is 11.3. The van der Waals surface area contributed by atoms with Crippen LogP contribution in [0.1, 0.15) is 13.8 Å². The highest BCUT2D eigenvalue weighted by Crippen LogP contribution is 2.23. The molecule has 0 fully saturated rings. The Hall–Kier alpha value is -2.57. The molecular weight excluding hydrogens is 377 g/mol. The van der Waals surface area contributed by atoms with E-state index in [2.05, 4.69) is 10.6 Å². The van der Waals surface area contributed by atoms with Gasteiger partial charge in [0, 0.05) is 41.0 Å². The molecule has 0 atom stereocenters. The third-order valence-corrected chi connectivity index (χ3v) is 3.76. The van der Waals surface area contributed by atoms with Crippen LogP contribution in [0.5, 0.6) is 0 Å². The molecule has 0 saturated carbocycles. The number of nitrogens with one attached hydrogen (secondary N) is 2. The lowest BCUT2D eigenvalue weighted by molar-refractivity contribution is -0.120. The Kier molecular flexibility index (Phi) is 6.60. The van der Waals surface area contributed by atoms with Gasteiger partial charge in [-0.3, -0.25) is 14.4 Å². The van der Waals surface area contributed by atoms with Crippen molar-refractivity contribution in [1.29, 1.82) is 0 Å². The summed E-state index contributed by atoms with van der Waals surface area (Å²) in [5.74, 6) is -0.887. The van der Waals surface area contributed by atoms with E-state index in [-0.39, 0.29) is 18.4 Å². The maximum atomic E-state index is 12.3. The van der Waals surface area contributed by atoms with E-state index in [1.165, 1.54) is 18.7 Å². The van der Waals surface area contributed by atoms with E-state index in [1.807, 2.05) is 0 Å². The maximum absolute atomic E-state index is 12.3. The molecule has 2 rings (SSSR count). The van der Waals surface area contributed by atoms with Gasteiger partial charge in [0.1, 0.15) is 6.54 Å². The van der Waals surface area contributed by atoms with Crippen molar-refractivity contribution in [1.82, 2.24) is 0 Å². The number of hydrogen-bond acceptors (Lipinski definition) is 3. The van der Waals surface area contributed by atoms with Crippen LogP contribution in [0.15, 0.2) is 42.5 Å². The SMILES string of the molecule is CC(=O)Nc1ccc(N(CC(=O)Nc2cc(Cl)cc(Cl)c2)C(C)=O)cc1. The smallest absolute Gasteiger partial charge is 0.244 e. The molecule has 2 aromatic carbocycles. The first kappa shape index (κ1) is 19.8. The normalized spacial score (nSPS) is 10.2. The highest BCUT2D eigenvalue weighted by Gasteiger charge is 2.16. The summed E-state index contributed by atoms with van der Waals surface area (Å²) in [5, 5.41) is 6.08. The average molecular weight is 394 g/mol. The zero-order valence-corrected chi connectivity index (χ0v) is 15.7. The van der Waals surface area contributed by atoms with Gasteiger partial charge >= 0.3 is 0 Å². The molecule has 26 heavy (non-hydrogen) atoms. The number of rotatable bonds is 5. The van der Waals surface area contributed by atoms with E-state index in [0.29, 0.717) is 27.1 Å². The van der Waals surface area contributed by atoms with E-state index in [0.717, 1.165) is 0 Å². The number of halogens is 2. The second kappa shape index (κ2) is 8.69. The molecule has 0 heterocycles. The zero-order valence-electron chi connectivity index (χ0n) is 14.2. The number of carbonyl (C=O) groups is 3. The van der Waals surface area contributed by atoms with Crippen molar-refractivity contribution in [3.8, 4) is 0 Å². The first-order chi connectivity index (χ1) is 12.2. The van der Waals surface area contributed by atoms with Gasteiger partial charge in [-0.1, -0.05) is 23.2 Å². The van der Waals surface area contributed by atoms with Gasteiger partial charge in [0.05, 0.1) is 0 Å². The van der Waals surface area contributed by atoms with Crippen LogP contribution in [-0.4, -0.2) is 24.3 Å². The van der Waals surface area contributed by atoms with Gasteiger partial charge in [-0.05, 0) is 42.5 Å². The first-order valence-electron chi connectivity index (χ1n) is 7.66. The molecule has 0 saturated heterocycles. The largest absolute Gasteiger partial charge is 0.326 e. The van der Waals surface area contributed by atoms with Gasteiger partial charge in [0.2, 0.25) is 17.7 Å². The molecule has 6 nitrogen and oxygen atoms in total. The molecule has 0 unspecified atom stereocenters. The van der Waals surface area contributed by atoms with Crippen LogP contribution < -0.4 is 15.5 Å². The quantitative estimate of drug-likeness (QED) is 0.806. The third kappa shape index (κ3) is 5.75. The van der Waals surface area contributed by atoms with Crippen molar-refractivity contribution < 1.29 is 14.4 Å². The van der Waals surface area contributed by atoms with Gasteiger partial charge in [-0.25, -0.2) is 0 Å². The highest BCUT2D eigenvalue weighted by atomic mass is 35.5. The van der Waals surface area contributed by atoms with Crippen molar-refractivity contribution in [2.75, 3.05) is 22.1 Å². The fourth-order valence-electron chi connectivity index (χ4n) is 2.28. The summed E-state index contributed by atoms with van der Waals surface area (Å²) in [6.07, 6.45) is 0. The van der Waals surface area contributed by atoms with Crippen molar-refractivity contribution in [2.24, 2.45) is 0 Å². The van der Waals surface area contributed by atoms with Crippen molar-refractivity contribution in [2.45, 2.75) is 13.8 Å². The summed E-state index contributed by atoms with van der Waals surface area (Å²) in [5.41, 5.74) is 1.57. The topological polar surface area (TPSA) is 78.5 Å². The van der Waals surface area contributed by atoms with E-state index in [4.69, 9.17) is 23.2 Å². The molecule has 0 bridgehead atoms. The molecule has 2 aromatic rings. The second-order valence-corrected chi connectivity index (χ2v) is 6.41. The standard InChI is InChI=1S/C18H17Cl2N3O3/c1-11(24)21-15-3-5-17(6-4-15)23(12(2)25)10-18(26)22-16-8-13(19)7-14(20)9-16/h3-9H,10H2,1-2H3,(H,21,24)(H,22,26). The fraction of sp³-hybridized carbons (Fsp3) is 0.167. The Morgan fingerprint density at radius 2 is 1.46 bits per heavy atom. The maximum Gasteiger partial charge on any atom is 0.244 e. The van der Waals surface area contributed by atoms with Crippen LogP contribution >= 0.6 is 23.2 Å². The van der Waals surface area contributed by atoms with Crippen LogP contribution in [0.3, 0.4) is 0 Å². The van der Waals surface area contributed by atoms with Gasteiger partial charge in [-0.15, -0.1) is 0 Å². The fourth-order valence-corrected chi connectivity index (χ4v) is 2.81. The van der Waals surface area contributed by atoms with Gasteiger partial charge in [0.25, 0.3) is 0 Å². The number of hydrogen-bond donors (Lipinski definition) is 2. The number of anilines is 3. The summed E-state index contributed by atoms with van der Waals surface area (Å²) in [6.45, 7) is 2.59. The summed E-state index contributed by atoms with van der Waals surface area (Å²) in [7, 11) is 0. The van der Waals surface area contributed by atoms with E-state index < -0.39 is 5.91 Å². The number of carbonyl (C=O) groups excluding carboxylic acids is 3. The first-order valence-corrected chi connectivity index (χ1v) is 8.42. The Bertz CT molecular complexity index is 818. The van der Waals surface area contributed by atoms with Crippen LogP contribution in [0.2, 0.25) is 10.0 Å². The third-order valence-electron chi connectivity index (χ3n) is 3.33. The average Bonchev–Trinajstić information content (AvgIpc) is 2.51. The molecule has 0 spiro atoms. The van der Waals surface area contributed by atoms with Crippen LogP contribution in [0, 0.1) is 0 Å². The Morgan fingerprint density at radius 1 is 0.885 bits per heavy atom. The molecule has 136 valence electrons. The predicted octanol–water partition coefficient (Wildman–Crippen LogP) is 3.94. The van der Waals surface area contributed by atoms with E-state index >= 15 is 0 Å². The number of nitrogens with zero attached hydrogens (tertiary/aromatic N) is 1. The summed E-state index contributed by atoms with van der Waals surface area (Å²) < 4.78 is 0. The van der Waals surface area contributed by atoms with E-state index in [1.54, 1.807) is 42.5 Å². The lowest BCUT2D eigenvalue weighted by Crippen LogP contribution is -2.36. The molecule has 0 aliphatic carbocycles. The van der Waals surface area contributed by atoms with Crippen LogP contribution in [0.4, 0.5) is 17.1 Å². The molecule has 0 aromatic heterocycles. The minimum atomic E-state index is -0.399. The monoisotopic (exact) mass is 393 g/mol. The molecule has 2 N–H and O–H groups in total. The summed E-state index contributed by atoms with van der Waals surface area (Å²) >= 11 is 11.8. The molecular formula is C18H17Cl2N3O3. The minimum Gasteiger partial charge on any atom is -0.326 e. The van der Waals surface area contributed by atoms with Crippen LogP contribution in [0.25, 0.3) is 0 Å². The number of amides is 3. The van der Waals surface area contributed by atoms with Gasteiger partial charge in [0.15, 0.2) is 0 Å². The van der Waals surface area contributed by atoms with Gasteiger partial charge < -0.3 is 15.5 Å². The molecule has 0 radical (unpaired) electrons. The van der Waals surface area contributed by atoms with Crippen LogP contribution in [-0.2, 0) is 14.4 Å². The zero-order chi connectivity index (χ0) is 19.3. The van der Waals surface area contributed by atoms with Crippen molar-refractivity contribution in [3.05, 3.63) is 52.5 Å². The van der Waals surface area contributed by atoms with Crippen molar-refractivity contribution >= 4 is 58.0 Å². The van der Waals surface area contributed by atoms with E-state index in [9.17, 15) is 14.4 Å². The Labute approximate surface area is 161 Å². The predicted molar refractivity (Wildman–Crippen MR) is 104 cm³/mol. The van der Waals surface area contributed by atoms with Crippen molar-refractivity contribution in [3.63, 3.8) is 0 Å². The number of benzene rings is 2. The lowest BCUT2D eigenvalue weighted by Gasteiger charge is -2.21. The lowest BCUT2D eigenvalue weighted by atomic mass is 10.2. The summed E-state index contributed by atoms with van der Waals surface area (Å²) in [4.78, 5) is 36.6. The Balaban J connectivity index is 2.10. The second-order valence-electron chi connectivity index (χ2n) is 5.54. The molecule has 8 heteroatoms.